The lowest BCUT2D eigenvalue weighted by atomic mass is 10.1. The summed E-state index contributed by atoms with van der Waals surface area (Å²) in [6, 6.07) is 5.11. The molecule has 1 aromatic rings. The fourth-order valence-electron chi connectivity index (χ4n) is 1.55. The number of nitrogens with one attached hydrogen (secondary N) is 1. The first kappa shape index (κ1) is 17.6. The molecule has 23 heavy (non-hydrogen) atoms. The fraction of sp³-hybridized carbons (Fsp3) is 0.214. The van der Waals surface area contributed by atoms with Gasteiger partial charge in [0.2, 0.25) is 0 Å². The Morgan fingerprint density at radius 1 is 1.48 bits per heavy atom. The Hall–Kier alpha value is -3.41. The molecule has 0 saturated heterocycles. The van der Waals surface area contributed by atoms with Crippen LogP contribution in [0.3, 0.4) is 0 Å². The van der Waals surface area contributed by atoms with E-state index in [4.69, 9.17) is 5.26 Å². The van der Waals surface area contributed by atoms with Gasteiger partial charge in [-0.25, -0.2) is 9.59 Å². The van der Waals surface area contributed by atoms with E-state index in [1.54, 1.807) is 13.0 Å². The van der Waals surface area contributed by atoms with Crippen molar-refractivity contribution in [3.63, 3.8) is 0 Å². The zero-order chi connectivity index (χ0) is 17.4. The molecule has 0 radical (unpaired) electrons. The SMILES string of the molecule is CCOC(=O)C(C#N)=CNc1ccc([N+](=O)[O-])cc1C(=O)OC. The molecule has 0 aliphatic heterocycles. The Bertz CT molecular complexity index is 705. The number of nitro groups is 1. The lowest BCUT2D eigenvalue weighted by Gasteiger charge is -2.08. The van der Waals surface area contributed by atoms with Crippen molar-refractivity contribution < 1.29 is 24.0 Å². The second-order valence-corrected chi connectivity index (χ2v) is 4.01. The molecule has 1 rings (SSSR count). The molecule has 0 fully saturated rings. The molecule has 0 atom stereocenters. The molecule has 1 aromatic carbocycles. The van der Waals surface area contributed by atoms with Crippen LogP contribution in [0, 0.1) is 21.4 Å². The van der Waals surface area contributed by atoms with Gasteiger partial charge in [0.05, 0.1) is 29.9 Å². The molecule has 0 aliphatic rings. The summed E-state index contributed by atoms with van der Waals surface area (Å²) in [6.07, 6.45) is 1.05. The predicted molar refractivity (Wildman–Crippen MR) is 78.4 cm³/mol. The van der Waals surface area contributed by atoms with Crippen molar-refractivity contribution in [3.8, 4) is 6.07 Å². The van der Waals surface area contributed by atoms with Gasteiger partial charge in [0.25, 0.3) is 5.69 Å². The van der Waals surface area contributed by atoms with Gasteiger partial charge < -0.3 is 14.8 Å². The molecule has 0 saturated carbocycles. The summed E-state index contributed by atoms with van der Waals surface area (Å²) < 4.78 is 9.23. The van der Waals surface area contributed by atoms with Crippen LogP contribution in [0.4, 0.5) is 11.4 Å². The molecule has 0 amide bonds. The number of non-ortho nitro benzene ring substituents is 1. The summed E-state index contributed by atoms with van der Waals surface area (Å²) in [5.74, 6) is -1.64. The highest BCUT2D eigenvalue weighted by Crippen LogP contribution is 2.23. The average molecular weight is 319 g/mol. The van der Waals surface area contributed by atoms with Gasteiger partial charge >= 0.3 is 11.9 Å². The van der Waals surface area contributed by atoms with Gasteiger partial charge in [-0.05, 0) is 13.0 Å². The highest BCUT2D eigenvalue weighted by molar-refractivity contribution is 5.97. The zero-order valence-electron chi connectivity index (χ0n) is 12.4. The predicted octanol–water partition coefficient (Wildman–Crippen LogP) is 1.76. The minimum atomic E-state index is -0.830. The van der Waals surface area contributed by atoms with E-state index in [1.165, 1.54) is 12.1 Å². The van der Waals surface area contributed by atoms with Gasteiger partial charge in [-0.15, -0.1) is 0 Å². The van der Waals surface area contributed by atoms with E-state index in [0.717, 1.165) is 19.4 Å². The molecule has 0 unspecified atom stereocenters. The Morgan fingerprint density at radius 2 is 2.17 bits per heavy atom. The van der Waals surface area contributed by atoms with Crippen LogP contribution in [0.1, 0.15) is 17.3 Å². The number of nitrogens with zero attached hydrogens (tertiary/aromatic N) is 2. The van der Waals surface area contributed by atoms with Crippen LogP contribution in [-0.4, -0.2) is 30.6 Å². The summed E-state index contributed by atoms with van der Waals surface area (Å²) in [5.41, 5.74) is -0.592. The molecule has 0 aromatic heterocycles. The van der Waals surface area contributed by atoms with Gasteiger partial charge in [0.15, 0.2) is 5.57 Å². The van der Waals surface area contributed by atoms with Crippen LogP contribution >= 0.6 is 0 Å². The second-order valence-electron chi connectivity index (χ2n) is 4.01. The van der Waals surface area contributed by atoms with Crippen LogP contribution in [0.25, 0.3) is 0 Å². The topological polar surface area (TPSA) is 132 Å². The van der Waals surface area contributed by atoms with Crippen LogP contribution < -0.4 is 5.32 Å². The van der Waals surface area contributed by atoms with E-state index < -0.39 is 16.9 Å². The highest BCUT2D eigenvalue weighted by atomic mass is 16.6. The third-order valence-electron chi connectivity index (χ3n) is 2.61. The Labute approximate surface area is 131 Å². The quantitative estimate of drug-likeness (QED) is 0.276. The van der Waals surface area contributed by atoms with E-state index in [1.807, 2.05) is 0 Å². The summed E-state index contributed by atoms with van der Waals surface area (Å²) in [6.45, 7) is 1.69. The number of nitro benzene ring substituents is 1. The van der Waals surface area contributed by atoms with E-state index in [0.29, 0.717) is 0 Å². The Kier molecular flexibility index (Phi) is 6.24. The number of anilines is 1. The third kappa shape index (κ3) is 4.53. The number of methoxy groups -OCH3 is 1. The number of carbonyl (C=O) groups excluding carboxylic acids is 2. The first-order chi connectivity index (χ1) is 10.9. The van der Waals surface area contributed by atoms with Crippen molar-refractivity contribution in [1.29, 1.82) is 5.26 Å². The van der Waals surface area contributed by atoms with Gasteiger partial charge in [-0.3, -0.25) is 10.1 Å². The number of carbonyl (C=O) groups is 2. The lowest BCUT2D eigenvalue weighted by molar-refractivity contribution is -0.384. The smallest absolute Gasteiger partial charge is 0.350 e. The van der Waals surface area contributed by atoms with E-state index >= 15 is 0 Å². The van der Waals surface area contributed by atoms with Gasteiger partial charge in [0, 0.05) is 18.3 Å². The molecule has 9 heteroatoms. The first-order valence-corrected chi connectivity index (χ1v) is 6.35. The standard InChI is InChI=1S/C14H13N3O6/c1-3-23-13(18)9(7-15)8-16-12-5-4-10(17(20)21)6-11(12)14(19)22-2/h4-6,8,16H,3H2,1-2H3. The minimum Gasteiger partial charge on any atom is -0.465 e. The molecular weight excluding hydrogens is 306 g/mol. The van der Waals surface area contributed by atoms with Gasteiger partial charge in [0.1, 0.15) is 6.07 Å². The molecule has 120 valence electrons. The molecule has 9 nitrogen and oxygen atoms in total. The van der Waals surface area contributed by atoms with Crippen molar-refractivity contribution >= 4 is 23.3 Å². The Morgan fingerprint density at radius 3 is 2.70 bits per heavy atom. The minimum absolute atomic E-state index is 0.1000. The van der Waals surface area contributed by atoms with Crippen LogP contribution in [-0.2, 0) is 14.3 Å². The van der Waals surface area contributed by atoms with Crippen molar-refractivity contribution in [2.75, 3.05) is 19.0 Å². The van der Waals surface area contributed by atoms with E-state index in [9.17, 15) is 19.7 Å². The summed E-state index contributed by atoms with van der Waals surface area (Å²) >= 11 is 0. The maximum Gasteiger partial charge on any atom is 0.350 e. The maximum atomic E-state index is 11.7. The average Bonchev–Trinajstić information content (AvgIpc) is 2.54. The van der Waals surface area contributed by atoms with Gasteiger partial charge in [-0.2, -0.15) is 5.26 Å². The number of benzene rings is 1. The van der Waals surface area contributed by atoms with Crippen molar-refractivity contribution in [1.82, 2.24) is 0 Å². The van der Waals surface area contributed by atoms with Crippen LogP contribution in [0.5, 0.6) is 0 Å². The lowest BCUT2D eigenvalue weighted by Crippen LogP contribution is -2.10. The number of hydrogen-bond acceptors (Lipinski definition) is 8. The summed E-state index contributed by atoms with van der Waals surface area (Å²) in [5, 5.41) is 22.2. The molecule has 0 spiro atoms. The number of esters is 2. The molecular formula is C14H13N3O6. The van der Waals surface area contributed by atoms with Crippen LogP contribution in [0.15, 0.2) is 30.0 Å². The first-order valence-electron chi connectivity index (χ1n) is 6.35. The fourth-order valence-corrected chi connectivity index (χ4v) is 1.55. The van der Waals surface area contributed by atoms with E-state index in [-0.39, 0.29) is 29.1 Å². The zero-order valence-corrected chi connectivity index (χ0v) is 12.4. The monoisotopic (exact) mass is 319 g/mol. The largest absolute Gasteiger partial charge is 0.465 e. The summed E-state index contributed by atoms with van der Waals surface area (Å²) in [4.78, 5) is 33.3. The second kappa shape index (κ2) is 8.14. The Balaban J connectivity index is 3.17. The maximum absolute atomic E-state index is 11.7. The molecule has 1 N–H and O–H groups in total. The number of nitriles is 1. The number of hydrogen-bond donors (Lipinski definition) is 1. The van der Waals surface area contributed by atoms with Crippen LogP contribution in [0.2, 0.25) is 0 Å². The molecule has 0 heterocycles. The molecule has 0 aliphatic carbocycles. The third-order valence-corrected chi connectivity index (χ3v) is 2.61. The number of ether oxygens (including phenoxy) is 2. The van der Waals surface area contributed by atoms with Crippen molar-refractivity contribution in [3.05, 3.63) is 45.6 Å². The normalized spacial score (nSPS) is 10.4. The van der Waals surface area contributed by atoms with Crippen molar-refractivity contribution in [2.24, 2.45) is 0 Å². The highest BCUT2D eigenvalue weighted by Gasteiger charge is 2.17. The summed E-state index contributed by atoms with van der Waals surface area (Å²) in [7, 11) is 1.13. The number of rotatable bonds is 6. The molecule has 0 bridgehead atoms. The van der Waals surface area contributed by atoms with Crippen molar-refractivity contribution in [2.45, 2.75) is 6.92 Å². The van der Waals surface area contributed by atoms with E-state index in [2.05, 4.69) is 14.8 Å². The van der Waals surface area contributed by atoms with Gasteiger partial charge in [-0.1, -0.05) is 0 Å².